The van der Waals surface area contributed by atoms with Crippen molar-refractivity contribution >= 4 is 29.9 Å². The number of ether oxygens (including phenoxy) is 3. The van der Waals surface area contributed by atoms with E-state index < -0.39 is 0 Å². The lowest BCUT2D eigenvalue weighted by molar-refractivity contribution is -0.0679. The Morgan fingerprint density at radius 3 is 2.39 bits per heavy atom. The van der Waals surface area contributed by atoms with Crippen LogP contribution in [0.5, 0.6) is 0 Å². The lowest BCUT2D eigenvalue weighted by Crippen LogP contribution is -2.48. The van der Waals surface area contributed by atoms with Crippen molar-refractivity contribution in [2.45, 2.75) is 57.8 Å². The second kappa shape index (κ2) is 14.8. The van der Waals surface area contributed by atoms with Gasteiger partial charge in [-0.15, -0.1) is 24.0 Å². The zero-order valence-corrected chi connectivity index (χ0v) is 20.5. The lowest BCUT2D eigenvalue weighted by Gasteiger charge is -2.36. The lowest BCUT2D eigenvalue weighted by atomic mass is 10.1. The number of hydrogen-bond donors (Lipinski definition) is 1. The molecule has 2 saturated heterocycles. The molecule has 0 aromatic rings. The van der Waals surface area contributed by atoms with Crippen LogP contribution in [-0.2, 0) is 14.2 Å². The maximum atomic E-state index is 5.95. The van der Waals surface area contributed by atoms with E-state index in [1.165, 1.54) is 0 Å². The number of rotatable bonds is 9. The van der Waals surface area contributed by atoms with Gasteiger partial charge in [0.1, 0.15) is 0 Å². The number of halogens is 1. The van der Waals surface area contributed by atoms with Crippen LogP contribution in [0.3, 0.4) is 0 Å². The van der Waals surface area contributed by atoms with Gasteiger partial charge in [0, 0.05) is 66.6 Å². The molecule has 2 fully saturated rings. The van der Waals surface area contributed by atoms with Crippen molar-refractivity contribution in [3.8, 4) is 0 Å². The molecule has 0 aromatic heterocycles. The molecular formula is C20H41IN4O3. The number of nitrogens with zero attached hydrogens (tertiary/aromatic N) is 3. The molecule has 1 N–H and O–H groups in total. The fourth-order valence-corrected chi connectivity index (χ4v) is 3.99. The molecule has 2 unspecified atom stereocenters. The molecular weight excluding hydrogens is 471 g/mol. The number of methoxy groups -OCH3 is 1. The van der Waals surface area contributed by atoms with Crippen molar-refractivity contribution in [2.24, 2.45) is 4.99 Å². The van der Waals surface area contributed by atoms with Gasteiger partial charge < -0.3 is 24.4 Å². The average Bonchev–Trinajstić information content (AvgIpc) is 2.65. The Hall–Kier alpha value is -0.160. The highest BCUT2D eigenvalue weighted by atomic mass is 127. The summed E-state index contributed by atoms with van der Waals surface area (Å²) < 4.78 is 16.8. The summed E-state index contributed by atoms with van der Waals surface area (Å²) in [5, 5.41) is 3.54. The zero-order valence-electron chi connectivity index (χ0n) is 18.2. The number of morpholine rings is 1. The van der Waals surface area contributed by atoms with Crippen LogP contribution in [0.1, 0.15) is 39.5 Å². The monoisotopic (exact) mass is 512 g/mol. The van der Waals surface area contributed by atoms with Crippen LogP contribution >= 0.6 is 24.0 Å². The van der Waals surface area contributed by atoms with Crippen molar-refractivity contribution in [1.29, 1.82) is 0 Å². The van der Waals surface area contributed by atoms with E-state index in [0.717, 1.165) is 84.1 Å². The Bertz CT molecular complexity index is 424. The third-order valence-electron chi connectivity index (χ3n) is 5.23. The van der Waals surface area contributed by atoms with Crippen LogP contribution in [0.2, 0.25) is 0 Å². The number of aliphatic imine (C=N–C) groups is 1. The Kier molecular flexibility index (Phi) is 13.6. The van der Waals surface area contributed by atoms with Crippen LogP contribution in [0, 0.1) is 0 Å². The molecule has 2 aliphatic rings. The van der Waals surface area contributed by atoms with Gasteiger partial charge in [-0.25, -0.2) is 0 Å². The third-order valence-corrected chi connectivity index (χ3v) is 5.23. The van der Waals surface area contributed by atoms with Gasteiger partial charge in [0.15, 0.2) is 5.96 Å². The van der Waals surface area contributed by atoms with E-state index in [-0.39, 0.29) is 24.0 Å². The van der Waals surface area contributed by atoms with Crippen LogP contribution in [-0.4, -0.2) is 101 Å². The van der Waals surface area contributed by atoms with Crippen LogP contribution in [0.4, 0.5) is 0 Å². The second-order valence-corrected chi connectivity index (χ2v) is 7.75. The quantitative estimate of drug-likeness (QED) is 0.221. The molecule has 28 heavy (non-hydrogen) atoms. The Morgan fingerprint density at radius 2 is 1.79 bits per heavy atom. The van der Waals surface area contributed by atoms with Gasteiger partial charge in [-0.3, -0.25) is 9.89 Å². The predicted molar refractivity (Wildman–Crippen MR) is 125 cm³/mol. The summed E-state index contributed by atoms with van der Waals surface area (Å²) in [4.78, 5) is 9.34. The van der Waals surface area contributed by atoms with Crippen molar-refractivity contribution in [3.05, 3.63) is 0 Å². The molecule has 2 rings (SSSR count). The van der Waals surface area contributed by atoms with Crippen molar-refractivity contribution < 1.29 is 14.2 Å². The summed E-state index contributed by atoms with van der Waals surface area (Å²) in [5.41, 5.74) is 0. The Morgan fingerprint density at radius 1 is 1.11 bits per heavy atom. The van der Waals surface area contributed by atoms with Gasteiger partial charge in [-0.1, -0.05) is 0 Å². The van der Waals surface area contributed by atoms with Gasteiger partial charge in [-0.2, -0.15) is 0 Å². The minimum absolute atomic E-state index is 0. The molecule has 0 bridgehead atoms. The third kappa shape index (κ3) is 9.56. The van der Waals surface area contributed by atoms with Gasteiger partial charge in [0.25, 0.3) is 0 Å². The summed E-state index contributed by atoms with van der Waals surface area (Å²) in [6.07, 6.45) is 5.29. The van der Waals surface area contributed by atoms with Crippen molar-refractivity contribution in [1.82, 2.24) is 15.1 Å². The smallest absolute Gasteiger partial charge is 0.193 e. The number of guanidine groups is 1. The number of likely N-dealkylation sites (tertiary alicyclic amines) is 1. The Labute approximate surface area is 188 Å². The molecule has 0 radical (unpaired) electrons. The molecule has 2 aliphatic heterocycles. The molecule has 2 heterocycles. The SMILES string of the molecule is CN=C(NCCCN1CC(C)OC(C)C1)N1CCC(OCCCOC)CC1.I. The minimum atomic E-state index is 0. The first-order valence-electron chi connectivity index (χ1n) is 10.6. The first-order valence-corrected chi connectivity index (χ1v) is 10.6. The Balaban J connectivity index is 0.00000392. The molecule has 0 spiro atoms. The van der Waals surface area contributed by atoms with Gasteiger partial charge >= 0.3 is 0 Å². The van der Waals surface area contributed by atoms with Crippen LogP contribution in [0.25, 0.3) is 0 Å². The highest BCUT2D eigenvalue weighted by molar-refractivity contribution is 14.0. The normalized spacial score (nSPS) is 24.9. The largest absolute Gasteiger partial charge is 0.385 e. The van der Waals surface area contributed by atoms with E-state index in [9.17, 15) is 0 Å². The van der Waals surface area contributed by atoms with E-state index in [0.29, 0.717) is 18.3 Å². The maximum Gasteiger partial charge on any atom is 0.193 e. The van der Waals surface area contributed by atoms with Crippen molar-refractivity contribution in [3.63, 3.8) is 0 Å². The van der Waals surface area contributed by atoms with Crippen LogP contribution in [0.15, 0.2) is 4.99 Å². The minimum Gasteiger partial charge on any atom is -0.385 e. The molecule has 0 saturated carbocycles. The summed E-state index contributed by atoms with van der Waals surface area (Å²) in [5.74, 6) is 1.02. The van der Waals surface area contributed by atoms with E-state index in [1.807, 2.05) is 7.05 Å². The van der Waals surface area contributed by atoms with Gasteiger partial charge in [-0.05, 0) is 39.5 Å². The molecule has 8 heteroatoms. The molecule has 0 amide bonds. The maximum absolute atomic E-state index is 5.95. The first-order chi connectivity index (χ1) is 13.1. The van der Waals surface area contributed by atoms with E-state index in [1.54, 1.807) is 7.11 Å². The van der Waals surface area contributed by atoms with E-state index in [2.05, 4.69) is 34.0 Å². The first kappa shape index (κ1) is 25.9. The van der Waals surface area contributed by atoms with Gasteiger partial charge in [0.05, 0.1) is 18.3 Å². The summed E-state index contributed by atoms with van der Waals surface area (Å²) >= 11 is 0. The van der Waals surface area contributed by atoms with Crippen molar-refractivity contribution in [2.75, 3.05) is 66.6 Å². The van der Waals surface area contributed by atoms with Crippen LogP contribution < -0.4 is 5.32 Å². The second-order valence-electron chi connectivity index (χ2n) is 7.75. The molecule has 7 nitrogen and oxygen atoms in total. The number of hydrogen-bond acceptors (Lipinski definition) is 5. The standard InChI is InChI=1S/C20H40N4O3.HI/c1-17-15-23(16-18(2)27-17)10-5-9-22-20(21-3)24-11-7-19(8-12-24)26-14-6-13-25-4;/h17-19H,5-16H2,1-4H3,(H,21,22);1H. The molecule has 0 aromatic carbocycles. The summed E-state index contributed by atoms with van der Waals surface area (Å²) in [6, 6.07) is 0. The average molecular weight is 512 g/mol. The predicted octanol–water partition coefficient (Wildman–Crippen LogP) is 2.20. The highest BCUT2D eigenvalue weighted by Crippen LogP contribution is 2.14. The zero-order chi connectivity index (χ0) is 19.5. The fraction of sp³-hybridized carbons (Fsp3) is 0.950. The number of nitrogens with one attached hydrogen (secondary N) is 1. The van der Waals surface area contributed by atoms with Gasteiger partial charge in [0.2, 0.25) is 0 Å². The molecule has 0 aliphatic carbocycles. The summed E-state index contributed by atoms with van der Waals surface area (Å²) in [6.45, 7) is 12.1. The topological polar surface area (TPSA) is 58.6 Å². The number of piperidine rings is 1. The highest BCUT2D eigenvalue weighted by Gasteiger charge is 2.23. The summed E-state index contributed by atoms with van der Waals surface area (Å²) in [7, 11) is 3.61. The molecule has 166 valence electrons. The molecule has 2 atom stereocenters. The van der Waals surface area contributed by atoms with E-state index in [4.69, 9.17) is 14.2 Å². The van der Waals surface area contributed by atoms with E-state index >= 15 is 0 Å². The fourth-order valence-electron chi connectivity index (χ4n) is 3.99.